The van der Waals surface area contributed by atoms with Gasteiger partial charge in [-0.2, -0.15) is 0 Å². The van der Waals surface area contributed by atoms with E-state index in [1.807, 2.05) is 24.3 Å². The summed E-state index contributed by atoms with van der Waals surface area (Å²) in [5.41, 5.74) is 7.48. The van der Waals surface area contributed by atoms with Crippen LogP contribution in [-0.2, 0) is 11.3 Å². The fourth-order valence-corrected chi connectivity index (χ4v) is 2.68. The van der Waals surface area contributed by atoms with Crippen LogP contribution >= 0.6 is 0 Å². The van der Waals surface area contributed by atoms with E-state index in [0.29, 0.717) is 13.0 Å². The summed E-state index contributed by atoms with van der Waals surface area (Å²) in [5.74, 6) is 0.936. The third kappa shape index (κ3) is 5.14. The van der Waals surface area contributed by atoms with Gasteiger partial charge in [0.1, 0.15) is 0 Å². The van der Waals surface area contributed by atoms with Gasteiger partial charge in [0.05, 0.1) is 0 Å². The van der Waals surface area contributed by atoms with E-state index in [-0.39, 0.29) is 5.91 Å². The van der Waals surface area contributed by atoms with Crippen molar-refractivity contribution in [3.05, 3.63) is 29.8 Å². The maximum absolute atomic E-state index is 12.0. The summed E-state index contributed by atoms with van der Waals surface area (Å²) in [7, 11) is 0. The van der Waals surface area contributed by atoms with Crippen LogP contribution in [0.25, 0.3) is 0 Å². The van der Waals surface area contributed by atoms with Crippen molar-refractivity contribution in [3.8, 4) is 0 Å². The van der Waals surface area contributed by atoms with Crippen LogP contribution in [-0.4, -0.2) is 30.4 Å². The van der Waals surface area contributed by atoms with Crippen LogP contribution in [0.3, 0.4) is 0 Å². The highest BCUT2D eigenvalue weighted by Crippen LogP contribution is 2.27. The van der Waals surface area contributed by atoms with Gasteiger partial charge in [0, 0.05) is 31.7 Å². The molecule has 0 aliphatic heterocycles. The molecule has 0 saturated heterocycles. The Kier molecular flexibility index (Phi) is 6.21. The van der Waals surface area contributed by atoms with Crippen LogP contribution in [0, 0.1) is 5.92 Å². The lowest BCUT2D eigenvalue weighted by molar-refractivity contribution is -0.116. The quantitative estimate of drug-likeness (QED) is 0.773. The smallest absolute Gasteiger partial charge is 0.225 e. The molecule has 1 amide bonds. The highest BCUT2D eigenvalue weighted by Gasteiger charge is 2.20. The molecule has 0 radical (unpaired) electrons. The predicted molar refractivity (Wildman–Crippen MR) is 87.0 cm³/mol. The molecule has 1 aromatic carbocycles. The van der Waals surface area contributed by atoms with Crippen molar-refractivity contribution in [3.63, 3.8) is 0 Å². The Morgan fingerprint density at radius 1 is 1.43 bits per heavy atom. The zero-order chi connectivity index (χ0) is 15.1. The third-order valence-corrected chi connectivity index (χ3v) is 4.29. The van der Waals surface area contributed by atoms with E-state index in [2.05, 4.69) is 17.1 Å². The van der Waals surface area contributed by atoms with E-state index in [4.69, 9.17) is 5.73 Å². The van der Waals surface area contributed by atoms with Crippen LogP contribution in [0.15, 0.2) is 24.3 Å². The summed E-state index contributed by atoms with van der Waals surface area (Å²) in [6, 6.07) is 7.73. The minimum atomic E-state index is 0.0798. The van der Waals surface area contributed by atoms with Crippen LogP contribution in [0.5, 0.6) is 0 Å². The van der Waals surface area contributed by atoms with Crippen molar-refractivity contribution in [1.29, 1.82) is 0 Å². The number of carbonyl (C=O) groups is 1. The van der Waals surface area contributed by atoms with Crippen molar-refractivity contribution in [2.45, 2.75) is 39.2 Å². The van der Waals surface area contributed by atoms with Crippen molar-refractivity contribution in [2.75, 3.05) is 25.0 Å². The van der Waals surface area contributed by atoms with Crippen LogP contribution in [0.1, 0.15) is 38.2 Å². The van der Waals surface area contributed by atoms with E-state index < -0.39 is 0 Å². The van der Waals surface area contributed by atoms with E-state index in [0.717, 1.165) is 36.8 Å². The van der Waals surface area contributed by atoms with Crippen molar-refractivity contribution in [2.24, 2.45) is 11.7 Å². The molecule has 116 valence electrons. The zero-order valence-corrected chi connectivity index (χ0v) is 13.0. The van der Waals surface area contributed by atoms with Gasteiger partial charge in [-0.3, -0.25) is 4.79 Å². The number of hydrogen-bond acceptors (Lipinski definition) is 3. The normalized spacial score (nSPS) is 15.0. The van der Waals surface area contributed by atoms with Crippen LogP contribution in [0.4, 0.5) is 5.69 Å². The Balaban J connectivity index is 1.74. The molecule has 0 unspecified atom stereocenters. The number of anilines is 1. The molecule has 1 saturated carbocycles. The minimum Gasteiger partial charge on any atom is -0.326 e. The van der Waals surface area contributed by atoms with Gasteiger partial charge in [-0.25, -0.2) is 0 Å². The number of rotatable bonds is 8. The van der Waals surface area contributed by atoms with Crippen molar-refractivity contribution < 1.29 is 4.79 Å². The van der Waals surface area contributed by atoms with Gasteiger partial charge in [0.2, 0.25) is 5.91 Å². The highest BCUT2D eigenvalue weighted by atomic mass is 16.1. The molecular weight excluding hydrogens is 262 g/mol. The molecule has 1 aliphatic carbocycles. The summed E-state index contributed by atoms with van der Waals surface area (Å²) >= 11 is 0. The monoisotopic (exact) mass is 289 g/mol. The molecule has 0 aromatic heterocycles. The number of amides is 1. The number of benzene rings is 1. The van der Waals surface area contributed by atoms with Crippen LogP contribution in [0.2, 0.25) is 0 Å². The van der Waals surface area contributed by atoms with Gasteiger partial charge >= 0.3 is 0 Å². The standard InChI is InChI=1S/C17H27N3O/c1-2-20(13-14-5-3-6-14)10-9-17(21)19-16-8-4-7-15(11-16)12-18/h4,7-8,11,14H,2-3,5-6,9-10,12-13,18H2,1H3,(H,19,21). The second-order valence-electron chi connectivity index (χ2n) is 5.89. The SMILES string of the molecule is CCN(CCC(=O)Nc1cccc(CN)c1)CC1CCC1. The number of carbonyl (C=O) groups excluding carboxylic acids is 1. The molecule has 1 aliphatic rings. The Morgan fingerprint density at radius 2 is 2.24 bits per heavy atom. The van der Waals surface area contributed by atoms with Gasteiger partial charge in [-0.1, -0.05) is 25.5 Å². The Bertz CT molecular complexity index is 457. The minimum absolute atomic E-state index is 0.0798. The van der Waals surface area contributed by atoms with E-state index in [9.17, 15) is 4.79 Å². The molecule has 21 heavy (non-hydrogen) atoms. The molecule has 0 heterocycles. The van der Waals surface area contributed by atoms with Gasteiger partial charge in [0.15, 0.2) is 0 Å². The lowest BCUT2D eigenvalue weighted by atomic mass is 9.85. The average molecular weight is 289 g/mol. The predicted octanol–water partition coefficient (Wildman–Crippen LogP) is 2.60. The summed E-state index contributed by atoms with van der Waals surface area (Å²) in [5, 5.41) is 2.96. The second kappa shape index (κ2) is 8.15. The molecule has 4 nitrogen and oxygen atoms in total. The van der Waals surface area contributed by atoms with Crippen molar-refractivity contribution >= 4 is 11.6 Å². The third-order valence-electron chi connectivity index (χ3n) is 4.29. The molecule has 0 bridgehead atoms. The maximum atomic E-state index is 12.0. The first-order valence-corrected chi connectivity index (χ1v) is 8.02. The molecule has 0 spiro atoms. The largest absolute Gasteiger partial charge is 0.326 e. The van der Waals surface area contributed by atoms with Gasteiger partial charge in [-0.15, -0.1) is 0 Å². The first-order chi connectivity index (χ1) is 10.2. The van der Waals surface area contributed by atoms with E-state index in [1.54, 1.807) is 0 Å². The number of nitrogens with one attached hydrogen (secondary N) is 1. The van der Waals surface area contributed by atoms with E-state index in [1.165, 1.54) is 19.3 Å². The first-order valence-electron chi connectivity index (χ1n) is 8.02. The highest BCUT2D eigenvalue weighted by molar-refractivity contribution is 5.90. The average Bonchev–Trinajstić information content (AvgIpc) is 2.45. The molecule has 0 atom stereocenters. The molecule has 4 heteroatoms. The summed E-state index contributed by atoms with van der Waals surface area (Å²) in [4.78, 5) is 14.4. The zero-order valence-electron chi connectivity index (χ0n) is 13.0. The van der Waals surface area contributed by atoms with Gasteiger partial charge in [-0.05, 0) is 43.0 Å². The Hall–Kier alpha value is -1.39. The molecule has 1 fully saturated rings. The summed E-state index contributed by atoms with van der Waals surface area (Å²) in [6.07, 6.45) is 4.64. The topological polar surface area (TPSA) is 58.4 Å². The lowest BCUT2D eigenvalue weighted by Crippen LogP contribution is -2.34. The van der Waals surface area contributed by atoms with Gasteiger partial charge in [0.25, 0.3) is 0 Å². The molecule has 1 aromatic rings. The fraction of sp³-hybridized carbons (Fsp3) is 0.588. The van der Waals surface area contributed by atoms with E-state index >= 15 is 0 Å². The number of hydrogen-bond donors (Lipinski definition) is 2. The number of nitrogens with two attached hydrogens (primary N) is 1. The maximum Gasteiger partial charge on any atom is 0.225 e. The molecule has 2 rings (SSSR count). The first kappa shape index (κ1) is 16.0. The lowest BCUT2D eigenvalue weighted by Gasteiger charge is -2.31. The van der Waals surface area contributed by atoms with Crippen LogP contribution < -0.4 is 11.1 Å². The van der Waals surface area contributed by atoms with Crippen molar-refractivity contribution in [1.82, 2.24) is 4.90 Å². The summed E-state index contributed by atoms with van der Waals surface area (Å²) in [6.45, 7) is 5.67. The second-order valence-corrected chi connectivity index (χ2v) is 5.89. The fourth-order valence-electron chi connectivity index (χ4n) is 2.68. The number of nitrogens with zero attached hydrogens (tertiary/aromatic N) is 1. The molecular formula is C17H27N3O. The summed E-state index contributed by atoms with van der Waals surface area (Å²) < 4.78 is 0. The van der Waals surface area contributed by atoms with Gasteiger partial charge < -0.3 is 16.0 Å². The Labute approximate surface area is 127 Å². The molecule has 3 N–H and O–H groups in total. The Morgan fingerprint density at radius 3 is 2.86 bits per heavy atom.